The lowest BCUT2D eigenvalue weighted by Crippen LogP contribution is -2.24. The third-order valence-corrected chi connectivity index (χ3v) is 4.04. The molecule has 15 heavy (non-hydrogen) atoms. The normalized spacial score (nSPS) is 20.4. The Labute approximate surface area is 101 Å². The summed E-state index contributed by atoms with van der Waals surface area (Å²) in [7, 11) is 0. The van der Waals surface area contributed by atoms with Crippen LogP contribution >= 0.6 is 12.6 Å². The predicted molar refractivity (Wildman–Crippen MR) is 71.7 cm³/mol. The van der Waals surface area contributed by atoms with E-state index in [-0.39, 0.29) is 0 Å². The summed E-state index contributed by atoms with van der Waals surface area (Å²) in [5.74, 6) is 2.96. The fourth-order valence-corrected chi connectivity index (χ4v) is 3.03. The van der Waals surface area contributed by atoms with Crippen molar-refractivity contribution in [2.45, 2.75) is 51.9 Å². The highest BCUT2D eigenvalue weighted by atomic mass is 32.1. The molecule has 0 aliphatic heterocycles. The maximum atomic E-state index is 4.21. The van der Waals surface area contributed by atoms with E-state index in [0.29, 0.717) is 0 Å². The van der Waals surface area contributed by atoms with Crippen LogP contribution in [0.1, 0.15) is 51.9 Å². The highest BCUT2D eigenvalue weighted by Gasteiger charge is 2.21. The smallest absolute Gasteiger partial charge is 0.00397 e. The SMILES string of the molecule is CC[C@H](CCNCCS)C1CCCCC1. The van der Waals surface area contributed by atoms with Gasteiger partial charge in [-0.3, -0.25) is 0 Å². The van der Waals surface area contributed by atoms with Gasteiger partial charge < -0.3 is 5.32 Å². The van der Waals surface area contributed by atoms with Crippen molar-refractivity contribution in [3.8, 4) is 0 Å². The van der Waals surface area contributed by atoms with Crippen LogP contribution in [0.2, 0.25) is 0 Å². The zero-order chi connectivity index (χ0) is 10.9. The highest BCUT2D eigenvalue weighted by molar-refractivity contribution is 7.80. The molecule has 1 rings (SSSR count). The number of hydrogen-bond acceptors (Lipinski definition) is 2. The van der Waals surface area contributed by atoms with E-state index in [4.69, 9.17) is 0 Å². The summed E-state index contributed by atoms with van der Waals surface area (Å²) >= 11 is 4.21. The van der Waals surface area contributed by atoms with Crippen LogP contribution in [-0.2, 0) is 0 Å². The Morgan fingerprint density at radius 3 is 2.53 bits per heavy atom. The Hall–Kier alpha value is 0.310. The van der Waals surface area contributed by atoms with Crippen molar-refractivity contribution in [1.82, 2.24) is 5.32 Å². The van der Waals surface area contributed by atoms with Crippen molar-refractivity contribution in [2.24, 2.45) is 11.8 Å². The van der Waals surface area contributed by atoms with Crippen LogP contribution in [0.5, 0.6) is 0 Å². The van der Waals surface area contributed by atoms with Crippen molar-refractivity contribution in [3.63, 3.8) is 0 Å². The average Bonchev–Trinajstić information content (AvgIpc) is 2.30. The average molecular weight is 229 g/mol. The summed E-state index contributed by atoms with van der Waals surface area (Å²) in [5.41, 5.74) is 0. The second-order valence-corrected chi connectivity index (χ2v) is 5.28. The first kappa shape index (κ1) is 13.4. The topological polar surface area (TPSA) is 12.0 Å². The van der Waals surface area contributed by atoms with Crippen molar-refractivity contribution < 1.29 is 0 Å². The molecule has 2 heteroatoms. The molecule has 0 heterocycles. The molecule has 0 spiro atoms. The Kier molecular flexibility index (Phi) is 7.54. The van der Waals surface area contributed by atoms with Gasteiger partial charge in [0, 0.05) is 12.3 Å². The van der Waals surface area contributed by atoms with Crippen LogP contribution in [0.15, 0.2) is 0 Å². The maximum absolute atomic E-state index is 4.21. The summed E-state index contributed by atoms with van der Waals surface area (Å²) in [6, 6.07) is 0. The molecule has 0 aromatic heterocycles. The number of thiol groups is 1. The Morgan fingerprint density at radius 1 is 1.20 bits per heavy atom. The summed E-state index contributed by atoms with van der Waals surface area (Å²) < 4.78 is 0. The molecule has 0 bridgehead atoms. The number of nitrogens with one attached hydrogen (secondary N) is 1. The predicted octanol–water partition coefficient (Wildman–Crippen LogP) is 3.50. The molecule has 1 nitrogen and oxygen atoms in total. The van der Waals surface area contributed by atoms with E-state index in [1.807, 2.05) is 0 Å². The van der Waals surface area contributed by atoms with Crippen molar-refractivity contribution in [1.29, 1.82) is 0 Å². The van der Waals surface area contributed by atoms with Gasteiger partial charge in [-0.2, -0.15) is 12.6 Å². The fraction of sp³-hybridized carbons (Fsp3) is 1.00. The zero-order valence-electron chi connectivity index (χ0n) is 10.2. The van der Waals surface area contributed by atoms with E-state index in [9.17, 15) is 0 Å². The lowest BCUT2D eigenvalue weighted by atomic mass is 9.77. The fourth-order valence-electron chi connectivity index (χ4n) is 2.87. The molecule has 0 radical (unpaired) electrons. The maximum Gasteiger partial charge on any atom is 0.00397 e. The molecule has 1 atom stereocenters. The van der Waals surface area contributed by atoms with Crippen LogP contribution in [0.3, 0.4) is 0 Å². The van der Waals surface area contributed by atoms with Crippen molar-refractivity contribution >= 4 is 12.6 Å². The largest absolute Gasteiger partial charge is 0.316 e. The lowest BCUT2D eigenvalue weighted by molar-refractivity contribution is 0.229. The summed E-state index contributed by atoms with van der Waals surface area (Å²) in [6.45, 7) is 4.61. The minimum atomic E-state index is 0.959. The summed E-state index contributed by atoms with van der Waals surface area (Å²) in [4.78, 5) is 0. The summed E-state index contributed by atoms with van der Waals surface area (Å²) in [5, 5.41) is 3.46. The van der Waals surface area contributed by atoms with Crippen molar-refractivity contribution in [3.05, 3.63) is 0 Å². The quantitative estimate of drug-likeness (QED) is 0.503. The van der Waals surface area contributed by atoms with Crippen LogP contribution in [0.25, 0.3) is 0 Å². The Bertz CT molecular complexity index is 143. The number of hydrogen-bond donors (Lipinski definition) is 2. The van der Waals surface area contributed by atoms with Gasteiger partial charge in [-0.1, -0.05) is 45.4 Å². The standard InChI is InChI=1S/C13H27NS/c1-2-12(8-9-14-10-11-15)13-6-4-3-5-7-13/h12-15H,2-11H2,1H3/t12-/m1/s1. The first-order valence-electron chi connectivity index (χ1n) is 6.70. The zero-order valence-corrected chi connectivity index (χ0v) is 11.1. The summed E-state index contributed by atoms with van der Waals surface area (Å²) in [6.07, 6.45) is 10.2. The minimum absolute atomic E-state index is 0.959. The molecule has 1 aliphatic rings. The third kappa shape index (κ3) is 5.26. The first-order valence-corrected chi connectivity index (χ1v) is 7.33. The molecule has 90 valence electrons. The number of rotatable bonds is 7. The molecular formula is C13H27NS. The molecular weight excluding hydrogens is 202 g/mol. The second-order valence-electron chi connectivity index (χ2n) is 4.83. The molecule has 1 fully saturated rings. The highest BCUT2D eigenvalue weighted by Crippen LogP contribution is 2.33. The van der Waals surface area contributed by atoms with E-state index in [1.54, 1.807) is 0 Å². The molecule has 1 saturated carbocycles. The molecule has 0 aromatic rings. The van der Waals surface area contributed by atoms with E-state index < -0.39 is 0 Å². The molecule has 0 unspecified atom stereocenters. The van der Waals surface area contributed by atoms with Gasteiger partial charge in [0.25, 0.3) is 0 Å². The van der Waals surface area contributed by atoms with Crippen LogP contribution in [0, 0.1) is 11.8 Å². The van der Waals surface area contributed by atoms with Gasteiger partial charge in [-0.25, -0.2) is 0 Å². The Morgan fingerprint density at radius 2 is 1.93 bits per heavy atom. The van der Waals surface area contributed by atoms with Gasteiger partial charge in [0.15, 0.2) is 0 Å². The first-order chi connectivity index (χ1) is 7.38. The van der Waals surface area contributed by atoms with E-state index in [2.05, 4.69) is 24.9 Å². The van der Waals surface area contributed by atoms with Crippen LogP contribution in [-0.4, -0.2) is 18.8 Å². The molecule has 1 aliphatic carbocycles. The molecule has 0 aromatic carbocycles. The lowest BCUT2D eigenvalue weighted by Gasteiger charge is -2.29. The monoisotopic (exact) mass is 229 g/mol. The van der Waals surface area contributed by atoms with E-state index in [1.165, 1.54) is 51.5 Å². The molecule has 1 N–H and O–H groups in total. The van der Waals surface area contributed by atoms with Gasteiger partial charge in [-0.05, 0) is 24.8 Å². The van der Waals surface area contributed by atoms with Gasteiger partial charge in [0.2, 0.25) is 0 Å². The van der Waals surface area contributed by atoms with Crippen LogP contribution < -0.4 is 5.32 Å². The molecule has 0 saturated heterocycles. The van der Waals surface area contributed by atoms with Gasteiger partial charge in [0.1, 0.15) is 0 Å². The van der Waals surface area contributed by atoms with Crippen molar-refractivity contribution in [2.75, 3.05) is 18.8 Å². The second kappa shape index (κ2) is 8.46. The van der Waals surface area contributed by atoms with Gasteiger partial charge in [0.05, 0.1) is 0 Å². The Balaban J connectivity index is 2.15. The van der Waals surface area contributed by atoms with E-state index >= 15 is 0 Å². The van der Waals surface area contributed by atoms with Gasteiger partial charge >= 0.3 is 0 Å². The van der Waals surface area contributed by atoms with E-state index in [0.717, 1.165) is 24.1 Å². The van der Waals surface area contributed by atoms with Gasteiger partial charge in [-0.15, -0.1) is 0 Å². The third-order valence-electron chi connectivity index (χ3n) is 3.82. The van der Waals surface area contributed by atoms with Crippen LogP contribution in [0.4, 0.5) is 0 Å². The minimum Gasteiger partial charge on any atom is -0.316 e. The molecule has 0 amide bonds.